The molecule has 0 atom stereocenters. The second-order valence-corrected chi connectivity index (χ2v) is 4.35. The average Bonchev–Trinajstić information content (AvgIpc) is 2.98. The fourth-order valence-corrected chi connectivity index (χ4v) is 1.97. The van der Waals surface area contributed by atoms with Gasteiger partial charge in [0.15, 0.2) is 0 Å². The van der Waals surface area contributed by atoms with Gasteiger partial charge in [0.25, 0.3) is 0 Å². The maximum Gasteiger partial charge on any atom is 0.0836 e. The molecule has 0 bridgehead atoms. The molecule has 18 heavy (non-hydrogen) atoms. The molecule has 0 N–H and O–H groups in total. The summed E-state index contributed by atoms with van der Waals surface area (Å²) < 4.78 is 3.93. The molecule has 0 saturated carbocycles. The third kappa shape index (κ3) is 1.82. The molecule has 0 saturated heterocycles. The summed E-state index contributed by atoms with van der Waals surface area (Å²) in [4.78, 5) is 4.31. The summed E-state index contributed by atoms with van der Waals surface area (Å²) >= 11 is 0. The third-order valence-electron chi connectivity index (χ3n) is 2.91. The number of aryl methyl sites for hydroxylation is 2. The lowest BCUT2D eigenvalue weighted by Gasteiger charge is -2.06. The Morgan fingerprint density at radius 1 is 1.11 bits per heavy atom. The molecule has 4 nitrogen and oxygen atoms in total. The van der Waals surface area contributed by atoms with Crippen molar-refractivity contribution in [2.24, 2.45) is 7.05 Å². The molecular formula is C14H14N4. The number of pyridine rings is 1. The standard InChI is InChI=1S/C14H14N4/c1-11-3-4-13(9-15-11)18-14(5-7-16-18)12-6-8-17(2)10-12/h3-10H,1-2H3. The van der Waals surface area contributed by atoms with Gasteiger partial charge in [-0.3, -0.25) is 4.98 Å². The molecule has 3 rings (SSSR count). The van der Waals surface area contributed by atoms with Crippen molar-refractivity contribution in [3.63, 3.8) is 0 Å². The van der Waals surface area contributed by atoms with Crippen molar-refractivity contribution in [1.82, 2.24) is 19.3 Å². The molecule has 0 fully saturated rings. The third-order valence-corrected chi connectivity index (χ3v) is 2.91. The maximum absolute atomic E-state index is 4.37. The van der Waals surface area contributed by atoms with Gasteiger partial charge in [0.1, 0.15) is 0 Å². The first-order valence-corrected chi connectivity index (χ1v) is 5.83. The van der Waals surface area contributed by atoms with Gasteiger partial charge in [0, 0.05) is 30.7 Å². The summed E-state index contributed by atoms with van der Waals surface area (Å²) in [7, 11) is 2.01. The van der Waals surface area contributed by atoms with Crippen LogP contribution >= 0.6 is 0 Å². The Bertz CT molecular complexity index is 661. The van der Waals surface area contributed by atoms with E-state index in [0.29, 0.717) is 0 Å². The monoisotopic (exact) mass is 238 g/mol. The minimum Gasteiger partial charge on any atom is -0.357 e. The van der Waals surface area contributed by atoms with Crippen molar-refractivity contribution < 1.29 is 0 Å². The predicted molar refractivity (Wildman–Crippen MR) is 70.5 cm³/mol. The summed E-state index contributed by atoms with van der Waals surface area (Å²) in [6.07, 6.45) is 7.76. The molecule has 4 heteroatoms. The molecule has 3 heterocycles. The van der Waals surface area contributed by atoms with E-state index in [1.54, 1.807) is 0 Å². The summed E-state index contributed by atoms with van der Waals surface area (Å²) in [6, 6.07) is 8.11. The Morgan fingerprint density at radius 3 is 2.67 bits per heavy atom. The van der Waals surface area contributed by atoms with Crippen molar-refractivity contribution >= 4 is 0 Å². The Balaban J connectivity index is 2.09. The van der Waals surface area contributed by atoms with Gasteiger partial charge in [-0.2, -0.15) is 5.10 Å². The highest BCUT2D eigenvalue weighted by atomic mass is 15.3. The Hall–Kier alpha value is -2.36. The van der Waals surface area contributed by atoms with Crippen molar-refractivity contribution in [3.05, 3.63) is 54.7 Å². The van der Waals surface area contributed by atoms with E-state index < -0.39 is 0 Å². The van der Waals surface area contributed by atoms with Crippen molar-refractivity contribution in [3.8, 4) is 16.9 Å². The highest BCUT2D eigenvalue weighted by Crippen LogP contribution is 2.22. The van der Waals surface area contributed by atoms with E-state index in [2.05, 4.69) is 22.3 Å². The number of nitrogens with zero attached hydrogens (tertiary/aromatic N) is 4. The molecule has 0 aliphatic carbocycles. The lowest BCUT2D eigenvalue weighted by molar-refractivity contribution is 0.877. The van der Waals surface area contributed by atoms with Crippen LogP contribution in [-0.2, 0) is 7.05 Å². The SMILES string of the molecule is Cc1ccc(-n2nccc2-c2ccn(C)c2)cn1. The van der Waals surface area contributed by atoms with E-state index in [-0.39, 0.29) is 0 Å². The Kier molecular flexibility index (Phi) is 2.48. The average molecular weight is 238 g/mol. The van der Waals surface area contributed by atoms with Gasteiger partial charge in [0.2, 0.25) is 0 Å². The molecule has 90 valence electrons. The number of rotatable bonds is 2. The minimum atomic E-state index is 0.976. The van der Waals surface area contributed by atoms with Gasteiger partial charge in [0.05, 0.1) is 23.8 Å². The molecular weight excluding hydrogens is 224 g/mol. The first-order valence-electron chi connectivity index (χ1n) is 5.83. The van der Waals surface area contributed by atoms with Gasteiger partial charge in [-0.25, -0.2) is 4.68 Å². The minimum absolute atomic E-state index is 0.976. The smallest absolute Gasteiger partial charge is 0.0836 e. The lowest BCUT2D eigenvalue weighted by atomic mass is 10.2. The highest BCUT2D eigenvalue weighted by molar-refractivity contribution is 5.61. The summed E-state index contributed by atoms with van der Waals surface area (Å²) in [5.41, 5.74) is 4.20. The predicted octanol–water partition coefficient (Wildman–Crippen LogP) is 2.58. The largest absolute Gasteiger partial charge is 0.357 e. The summed E-state index contributed by atoms with van der Waals surface area (Å²) in [5, 5.41) is 4.37. The fourth-order valence-electron chi connectivity index (χ4n) is 1.97. The van der Waals surface area contributed by atoms with E-state index in [4.69, 9.17) is 0 Å². The van der Waals surface area contributed by atoms with Crippen LogP contribution in [0.3, 0.4) is 0 Å². The zero-order chi connectivity index (χ0) is 12.5. The first kappa shape index (κ1) is 10.8. The van der Waals surface area contributed by atoms with Crippen molar-refractivity contribution in [2.45, 2.75) is 6.92 Å². The van der Waals surface area contributed by atoms with Crippen LogP contribution in [0.15, 0.2) is 49.1 Å². The molecule has 0 aliphatic rings. The quantitative estimate of drug-likeness (QED) is 0.688. The van der Waals surface area contributed by atoms with E-state index >= 15 is 0 Å². The molecule has 0 radical (unpaired) electrons. The van der Waals surface area contributed by atoms with Gasteiger partial charge < -0.3 is 4.57 Å². The number of aromatic nitrogens is 4. The molecule has 0 spiro atoms. The molecule has 0 unspecified atom stereocenters. The second-order valence-electron chi connectivity index (χ2n) is 4.35. The van der Waals surface area contributed by atoms with Crippen LogP contribution < -0.4 is 0 Å². The maximum atomic E-state index is 4.37. The second kappa shape index (κ2) is 4.14. The summed E-state index contributed by atoms with van der Waals surface area (Å²) in [5.74, 6) is 0. The highest BCUT2D eigenvalue weighted by Gasteiger charge is 2.08. The Labute approximate surface area is 106 Å². The van der Waals surface area contributed by atoms with Gasteiger partial charge in [-0.15, -0.1) is 0 Å². The van der Waals surface area contributed by atoms with Gasteiger partial charge >= 0.3 is 0 Å². The number of hydrogen-bond acceptors (Lipinski definition) is 2. The fraction of sp³-hybridized carbons (Fsp3) is 0.143. The van der Waals surface area contributed by atoms with Crippen molar-refractivity contribution in [1.29, 1.82) is 0 Å². The van der Waals surface area contributed by atoms with E-state index in [0.717, 1.165) is 22.6 Å². The zero-order valence-corrected chi connectivity index (χ0v) is 10.4. The Morgan fingerprint density at radius 2 is 2.00 bits per heavy atom. The molecule has 0 aromatic carbocycles. The topological polar surface area (TPSA) is 35.6 Å². The molecule has 3 aromatic rings. The number of hydrogen-bond donors (Lipinski definition) is 0. The van der Waals surface area contributed by atoms with Crippen LogP contribution in [0.4, 0.5) is 0 Å². The zero-order valence-electron chi connectivity index (χ0n) is 10.4. The summed E-state index contributed by atoms with van der Waals surface area (Å²) in [6.45, 7) is 1.98. The van der Waals surface area contributed by atoms with Crippen LogP contribution in [0.25, 0.3) is 16.9 Å². The van der Waals surface area contributed by atoms with Gasteiger partial charge in [-0.1, -0.05) is 0 Å². The van der Waals surface area contributed by atoms with E-state index in [1.807, 2.05) is 60.0 Å². The normalized spacial score (nSPS) is 10.8. The van der Waals surface area contributed by atoms with Crippen LogP contribution in [0.1, 0.15) is 5.69 Å². The first-order chi connectivity index (χ1) is 8.74. The van der Waals surface area contributed by atoms with E-state index in [9.17, 15) is 0 Å². The lowest BCUT2D eigenvalue weighted by Crippen LogP contribution is -1.99. The van der Waals surface area contributed by atoms with E-state index in [1.165, 1.54) is 0 Å². The van der Waals surface area contributed by atoms with Gasteiger partial charge in [-0.05, 0) is 31.2 Å². The van der Waals surface area contributed by atoms with Crippen LogP contribution in [-0.4, -0.2) is 19.3 Å². The van der Waals surface area contributed by atoms with Crippen LogP contribution in [0, 0.1) is 6.92 Å². The molecule has 3 aromatic heterocycles. The molecule has 0 amide bonds. The van der Waals surface area contributed by atoms with Crippen LogP contribution in [0.2, 0.25) is 0 Å². The van der Waals surface area contributed by atoms with Crippen LogP contribution in [0.5, 0.6) is 0 Å². The van der Waals surface area contributed by atoms with Crippen molar-refractivity contribution in [2.75, 3.05) is 0 Å². The molecule has 0 aliphatic heterocycles.